The molecule has 1 aliphatic rings. The Kier molecular flexibility index (Phi) is 5.04. The Hall–Kier alpha value is -2.35. The van der Waals surface area contributed by atoms with Crippen molar-refractivity contribution in [3.8, 4) is 0 Å². The lowest BCUT2D eigenvalue weighted by Crippen LogP contribution is -2.40. The fraction of sp³-hybridized carbons (Fsp3) is 0.353. The maximum Gasteiger partial charge on any atom is 0.417 e. The van der Waals surface area contributed by atoms with Gasteiger partial charge in [0.25, 0.3) is 0 Å². The number of anilines is 2. The van der Waals surface area contributed by atoms with E-state index in [4.69, 9.17) is 11.6 Å². The molecule has 1 amide bonds. The molecule has 26 heavy (non-hydrogen) atoms. The molecule has 2 aromatic heterocycles. The minimum Gasteiger partial charge on any atom is -0.343 e. The smallest absolute Gasteiger partial charge is 0.343 e. The molecule has 5 nitrogen and oxygen atoms in total. The van der Waals surface area contributed by atoms with E-state index in [1.807, 2.05) is 6.92 Å². The molecule has 2 aromatic rings. The Balaban J connectivity index is 1.74. The van der Waals surface area contributed by atoms with Crippen LogP contribution < -0.4 is 10.2 Å². The zero-order valence-electron chi connectivity index (χ0n) is 13.8. The van der Waals surface area contributed by atoms with E-state index in [-0.39, 0.29) is 11.7 Å². The van der Waals surface area contributed by atoms with Crippen molar-refractivity contribution in [3.05, 3.63) is 46.7 Å². The van der Waals surface area contributed by atoms with Gasteiger partial charge in [-0.1, -0.05) is 11.6 Å². The standard InChI is InChI=1S/C17H16ClF3N4O/c1-10-7-12(18)15(23-8-10)25-6-2-3-13(25)16(26)24-14-5-4-11(9-22-14)17(19,20)21/h4-5,7-9,13H,2-3,6H2,1H3,(H,22,24,26). The number of carbonyl (C=O) groups excluding carboxylic acids is 1. The highest BCUT2D eigenvalue weighted by atomic mass is 35.5. The Morgan fingerprint density at radius 2 is 2.08 bits per heavy atom. The molecule has 1 aliphatic heterocycles. The van der Waals surface area contributed by atoms with Crippen LogP contribution in [0.4, 0.5) is 24.8 Å². The summed E-state index contributed by atoms with van der Waals surface area (Å²) in [7, 11) is 0. The molecule has 1 saturated heterocycles. The number of carbonyl (C=O) groups is 1. The SMILES string of the molecule is Cc1cnc(N2CCCC2C(=O)Nc2ccc(C(F)(F)F)cn2)c(Cl)c1. The Morgan fingerprint density at radius 1 is 1.31 bits per heavy atom. The molecule has 1 N–H and O–H groups in total. The van der Waals surface area contributed by atoms with Crippen LogP contribution in [0.5, 0.6) is 0 Å². The van der Waals surface area contributed by atoms with Crippen LogP contribution in [0, 0.1) is 6.92 Å². The molecule has 0 radical (unpaired) electrons. The number of amides is 1. The highest BCUT2D eigenvalue weighted by Crippen LogP contribution is 2.31. The average molecular weight is 385 g/mol. The molecular formula is C17H16ClF3N4O. The highest BCUT2D eigenvalue weighted by molar-refractivity contribution is 6.33. The lowest BCUT2D eigenvalue weighted by molar-refractivity contribution is -0.137. The van der Waals surface area contributed by atoms with Crippen molar-refractivity contribution in [2.24, 2.45) is 0 Å². The largest absolute Gasteiger partial charge is 0.417 e. The van der Waals surface area contributed by atoms with Gasteiger partial charge < -0.3 is 10.2 Å². The second kappa shape index (κ2) is 7.11. The number of hydrogen-bond acceptors (Lipinski definition) is 4. The summed E-state index contributed by atoms with van der Waals surface area (Å²) in [6, 6.07) is 3.28. The van der Waals surface area contributed by atoms with E-state index in [0.29, 0.717) is 30.0 Å². The molecule has 9 heteroatoms. The monoisotopic (exact) mass is 384 g/mol. The van der Waals surface area contributed by atoms with Crippen molar-refractivity contribution in [1.29, 1.82) is 0 Å². The third-order valence-corrected chi connectivity index (χ3v) is 4.41. The van der Waals surface area contributed by atoms with Crippen LogP contribution in [0.1, 0.15) is 24.0 Å². The fourth-order valence-electron chi connectivity index (χ4n) is 2.88. The number of nitrogens with zero attached hydrogens (tertiary/aromatic N) is 3. The zero-order chi connectivity index (χ0) is 18.9. The molecule has 3 rings (SSSR count). The molecule has 0 aromatic carbocycles. The third kappa shape index (κ3) is 3.90. The van der Waals surface area contributed by atoms with Crippen molar-refractivity contribution in [2.45, 2.75) is 32.0 Å². The van der Waals surface area contributed by atoms with Crippen molar-refractivity contribution >= 4 is 29.1 Å². The normalized spacial score (nSPS) is 17.4. The summed E-state index contributed by atoms with van der Waals surface area (Å²) in [5.74, 6) is 0.237. The van der Waals surface area contributed by atoms with Crippen LogP contribution in [0.15, 0.2) is 30.6 Å². The minimum atomic E-state index is -4.47. The molecule has 0 spiro atoms. The summed E-state index contributed by atoms with van der Waals surface area (Å²) in [5.41, 5.74) is 0.0431. The second-order valence-electron chi connectivity index (χ2n) is 6.09. The molecule has 0 saturated carbocycles. The summed E-state index contributed by atoms with van der Waals surface area (Å²) in [5, 5.41) is 3.02. The fourth-order valence-corrected chi connectivity index (χ4v) is 3.20. The predicted molar refractivity (Wildman–Crippen MR) is 92.2 cm³/mol. The van der Waals surface area contributed by atoms with Gasteiger partial charge in [-0.05, 0) is 43.5 Å². The first-order valence-electron chi connectivity index (χ1n) is 7.98. The van der Waals surface area contributed by atoms with Gasteiger partial charge in [0.15, 0.2) is 0 Å². The Bertz CT molecular complexity index is 811. The predicted octanol–water partition coefficient (Wildman–Crippen LogP) is 4.06. The van der Waals surface area contributed by atoms with E-state index in [2.05, 4.69) is 15.3 Å². The van der Waals surface area contributed by atoms with Gasteiger partial charge in [-0.15, -0.1) is 0 Å². The van der Waals surface area contributed by atoms with Crippen molar-refractivity contribution in [1.82, 2.24) is 9.97 Å². The first-order chi connectivity index (χ1) is 12.3. The van der Waals surface area contributed by atoms with Gasteiger partial charge in [0.1, 0.15) is 17.7 Å². The van der Waals surface area contributed by atoms with E-state index in [9.17, 15) is 18.0 Å². The molecule has 1 unspecified atom stereocenters. The number of aromatic nitrogens is 2. The molecule has 1 atom stereocenters. The molecule has 0 bridgehead atoms. The highest BCUT2D eigenvalue weighted by Gasteiger charge is 2.34. The van der Waals surface area contributed by atoms with E-state index >= 15 is 0 Å². The van der Waals surface area contributed by atoms with Crippen molar-refractivity contribution in [2.75, 3.05) is 16.8 Å². The number of nitrogens with one attached hydrogen (secondary N) is 1. The van der Waals surface area contributed by atoms with E-state index in [1.54, 1.807) is 17.2 Å². The zero-order valence-corrected chi connectivity index (χ0v) is 14.6. The van der Waals surface area contributed by atoms with Gasteiger partial charge in [0.2, 0.25) is 5.91 Å². The summed E-state index contributed by atoms with van der Waals surface area (Å²) >= 11 is 6.25. The lowest BCUT2D eigenvalue weighted by Gasteiger charge is -2.25. The number of halogens is 4. The molecule has 0 aliphatic carbocycles. The van der Waals surface area contributed by atoms with E-state index in [1.165, 1.54) is 0 Å². The topological polar surface area (TPSA) is 58.1 Å². The van der Waals surface area contributed by atoms with Crippen LogP contribution in [-0.2, 0) is 11.0 Å². The van der Waals surface area contributed by atoms with Crippen molar-refractivity contribution in [3.63, 3.8) is 0 Å². The number of aryl methyl sites for hydroxylation is 1. The van der Waals surface area contributed by atoms with Gasteiger partial charge in [-0.3, -0.25) is 4.79 Å². The maximum atomic E-state index is 12.6. The minimum absolute atomic E-state index is 0.0674. The summed E-state index contributed by atoms with van der Waals surface area (Å²) < 4.78 is 37.7. The van der Waals surface area contributed by atoms with Crippen LogP contribution in [-0.4, -0.2) is 28.5 Å². The molecule has 138 valence electrons. The number of rotatable bonds is 3. The average Bonchev–Trinajstić information content (AvgIpc) is 3.04. The van der Waals surface area contributed by atoms with Crippen molar-refractivity contribution < 1.29 is 18.0 Å². The maximum absolute atomic E-state index is 12.6. The van der Waals surface area contributed by atoms with Gasteiger partial charge in [-0.2, -0.15) is 13.2 Å². The lowest BCUT2D eigenvalue weighted by atomic mass is 10.2. The van der Waals surface area contributed by atoms with Crippen LogP contribution in [0.2, 0.25) is 5.02 Å². The van der Waals surface area contributed by atoms with E-state index < -0.39 is 17.8 Å². The van der Waals surface area contributed by atoms with Crippen LogP contribution >= 0.6 is 11.6 Å². The van der Waals surface area contributed by atoms with Crippen LogP contribution in [0.3, 0.4) is 0 Å². The number of hydrogen-bond donors (Lipinski definition) is 1. The third-order valence-electron chi connectivity index (χ3n) is 4.13. The molecule has 3 heterocycles. The van der Waals surface area contributed by atoms with Gasteiger partial charge in [0, 0.05) is 18.9 Å². The molecular weight excluding hydrogens is 369 g/mol. The molecule has 1 fully saturated rings. The summed E-state index contributed by atoms with van der Waals surface area (Å²) in [6.45, 7) is 2.49. The summed E-state index contributed by atoms with van der Waals surface area (Å²) in [6.07, 6.45) is -0.721. The number of alkyl halides is 3. The summed E-state index contributed by atoms with van der Waals surface area (Å²) in [4.78, 5) is 22.4. The Labute approximate surface area is 153 Å². The number of pyridine rings is 2. The quantitative estimate of drug-likeness (QED) is 0.866. The van der Waals surface area contributed by atoms with E-state index in [0.717, 1.165) is 24.1 Å². The second-order valence-corrected chi connectivity index (χ2v) is 6.50. The van der Waals surface area contributed by atoms with Crippen LogP contribution in [0.25, 0.3) is 0 Å². The van der Waals surface area contributed by atoms with Gasteiger partial charge >= 0.3 is 6.18 Å². The first kappa shape index (κ1) is 18.4. The first-order valence-corrected chi connectivity index (χ1v) is 8.36. The van der Waals surface area contributed by atoms with Gasteiger partial charge in [-0.25, -0.2) is 9.97 Å². The van der Waals surface area contributed by atoms with Gasteiger partial charge in [0.05, 0.1) is 10.6 Å². The Morgan fingerprint density at radius 3 is 2.69 bits per heavy atom.